The van der Waals surface area contributed by atoms with Crippen LogP contribution in [0.2, 0.25) is 0 Å². The summed E-state index contributed by atoms with van der Waals surface area (Å²) >= 11 is 0. The molecule has 1 aliphatic carbocycles. The second kappa shape index (κ2) is 3.56. The molecule has 1 aliphatic heterocycles. The summed E-state index contributed by atoms with van der Waals surface area (Å²) in [5, 5.41) is 2.16. The van der Waals surface area contributed by atoms with Crippen LogP contribution < -0.4 is 5.43 Å². The summed E-state index contributed by atoms with van der Waals surface area (Å²) in [6.07, 6.45) is 3.71. The Hall–Kier alpha value is -0.410. The average molecular weight is 210 g/mol. The van der Waals surface area contributed by atoms with E-state index in [1.54, 1.807) is 0 Å². The summed E-state index contributed by atoms with van der Waals surface area (Å²) in [5.74, 6) is 0.908. The molecular weight excluding hydrogens is 188 g/mol. The zero-order valence-corrected chi connectivity index (χ0v) is 10.2. The zero-order valence-electron chi connectivity index (χ0n) is 10.2. The first-order valence-corrected chi connectivity index (χ1v) is 5.94. The van der Waals surface area contributed by atoms with Crippen LogP contribution in [0.1, 0.15) is 40.0 Å². The third-order valence-electron chi connectivity index (χ3n) is 3.82. The number of hydrazine groups is 1. The van der Waals surface area contributed by atoms with Crippen LogP contribution in [0.4, 0.5) is 0 Å². The van der Waals surface area contributed by atoms with Crippen LogP contribution in [0, 0.1) is 11.3 Å². The molecule has 3 nitrogen and oxygen atoms in total. The van der Waals surface area contributed by atoms with Crippen molar-refractivity contribution in [1.82, 2.24) is 10.4 Å². The molecule has 1 saturated carbocycles. The lowest BCUT2D eigenvalue weighted by atomic mass is 9.81. The molecule has 86 valence electrons. The fourth-order valence-electron chi connectivity index (χ4n) is 2.97. The maximum Gasteiger partial charge on any atom is 0.156 e. The quantitative estimate of drug-likeness (QED) is 0.713. The number of nitrogens with one attached hydrogen (secondary N) is 1. The SMILES string of the molecule is CN1NC(C(=O)C(C)(C)C)C2CCCC21. The average Bonchev–Trinajstić information content (AvgIpc) is 2.67. The van der Waals surface area contributed by atoms with Crippen molar-refractivity contribution in [2.45, 2.75) is 52.1 Å². The Morgan fingerprint density at radius 2 is 2.00 bits per heavy atom. The highest BCUT2D eigenvalue weighted by Crippen LogP contribution is 2.38. The van der Waals surface area contributed by atoms with E-state index in [4.69, 9.17) is 0 Å². The van der Waals surface area contributed by atoms with Crippen molar-refractivity contribution in [3.8, 4) is 0 Å². The maximum absolute atomic E-state index is 12.3. The third kappa shape index (κ3) is 1.83. The highest BCUT2D eigenvalue weighted by molar-refractivity contribution is 5.89. The van der Waals surface area contributed by atoms with Crippen molar-refractivity contribution in [3.63, 3.8) is 0 Å². The van der Waals surface area contributed by atoms with Gasteiger partial charge >= 0.3 is 0 Å². The molecule has 0 amide bonds. The lowest BCUT2D eigenvalue weighted by molar-refractivity contribution is -0.129. The molecule has 3 atom stereocenters. The van der Waals surface area contributed by atoms with Crippen LogP contribution in [0.15, 0.2) is 0 Å². The normalized spacial score (nSPS) is 36.9. The number of hydrogen-bond acceptors (Lipinski definition) is 3. The van der Waals surface area contributed by atoms with Crippen molar-refractivity contribution in [2.24, 2.45) is 11.3 Å². The van der Waals surface area contributed by atoms with E-state index in [0.717, 1.165) is 0 Å². The Kier molecular flexibility index (Phi) is 2.63. The molecule has 1 heterocycles. The van der Waals surface area contributed by atoms with Gasteiger partial charge in [0.05, 0.1) is 6.04 Å². The van der Waals surface area contributed by atoms with Gasteiger partial charge in [-0.15, -0.1) is 0 Å². The van der Waals surface area contributed by atoms with E-state index in [1.165, 1.54) is 19.3 Å². The summed E-state index contributed by atoms with van der Waals surface area (Å²) in [6.45, 7) is 6.04. The predicted molar refractivity (Wildman–Crippen MR) is 60.3 cm³/mol. The molecule has 0 aromatic carbocycles. The second-order valence-corrected chi connectivity index (χ2v) is 5.99. The highest BCUT2D eigenvalue weighted by atomic mass is 16.1. The van der Waals surface area contributed by atoms with Gasteiger partial charge < -0.3 is 0 Å². The fraction of sp³-hybridized carbons (Fsp3) is 0.917. The summed E-state index contributed by atoms with van der Waals surface area (Å²) in [5.41, 5.74) is 3.12. The number of hydrogen-bond donors (Lipinski definition) is 1. The summed E-state index contributed by atoms with van der Waals surface area (Å²) in [6, 6.07) is 0.642. The first-order valence-electron chi connectivity index (χ1n) is 5.94. The maximum atomic E-state index is 12.3. The van der Waals surface area contributed by atoms with Crippen molar-refractivity contribution in [2.75, 3.05) is 7.05 Å². The second-order valence-electron chi connectivity index (χ2n) is 5.99. The molecule has 0 spiro atoms. The van der Waals surface area contributed by atoms with Gasteiger partial charge in [-0.05, 0) is 18.8 Å². The molecule has 0 aromatic heterocycles. The highest BCUT2D eigenvalue weighted by Gasteiger charge is 2.47. The molecule has 2 rings (SSSR count). The van der Waals surface area contributed by atoms with Crippen molar-refractivity contribution < 1.29 is 4.79 Å². The number of nitrogens with zero attached hydrogens (tertiary/aromatic N) is 1. The summed E-state index contributed by atoms with van der Waals surface area (Å²) in [7, 11) is 2.07. The van der Waals surface area contributed by atoms with Gasteiger partial charge in [-0.3, -0.25) is 4.79 Å². The molecule has 0 radical (unpaired) electrons. The largest absolute Gasteiger partial charge is 0.297 e. The number of Topliss-reactive ketones (excluding diaryl/α,β-unsaturated/α-hetero) is 1. The van der Waals surface area contributed by atoms with Crippen molar-refractivity contribution >= 4 is 5.78 Å². The van der Waals surface area contributed by atoms with Crippen LogP contribution in [0.3, 0.4) is 0 Å². The Bertz CT molecular complexity index is 269. The van der Waals surface area contributed by atoms with Crippen molar-refractivity contribution in [3.05, 3.63) is 0 Å². The molecule has 2 aliphatic rings. The molecule has 3 heteroatoms. The third-order valence-corrected chi connectivity index (χ3v) is 3.82. The Morgan fingerprint density at radius 3 is 2.60 bits per heavy atom. The van der Waals surface area contributed by atoms with E-state index >= 15 is 0 Å². The van der Waals surface area contributed by atoms with Gasteiger partial charge in [0.25, 0.3) is 0 Å². The smallest absolute Gasteiger partial charge is 0.156 e. The molecule has 1 saturated heterocycles. The minimum Gasteiger partial charge on any atom is -0.297 e. The predicted octanol–water partition coefficient (Wildman–Crippen LogP) is 1.59. The number of carbonyl (C=O) groups is 1. The van der Waals surface area contributed by atoms with Crippen LogP contribution >= 0.6 is 0 Å². The molecule has 3 unspecified atom stereocenters. The van der Waals surface area contributed by atoms with Crippen LogP contribution in [-0.4, -0.2) is 29.9 Å². The minimum absolute atomic E-state index is 0.0579. The number of rotatable bonds is 1. The Balaban J connectivity index is 2.14. The summed E-state index contributed by atoms with van der Waals surface area (Å²) in [4.78, 5) is 12.3. The lowest BCUT2D eigenvalue weighted by Gasteiger charge is -2.24. The van der Waals surface area contributed by atoms with Gasteiger partial charge in [-0.2, -0.15) is 0 Å². The number of fused-ring (bicyclic) bond motifs is 1. The van der Waals surface area contributed by atoms with Gasteiger partial charge in [-0.25, -0.2) is 10.4 Å². The van der Waals surface area contributed by atoms with E-state index in [0.29, 0.717) is 17.7 Å². The minimum atomic E-state index is -0.226. The van der Waals surface area contributed by atoms with Crippen LogP contribution in [-0.2, 0) is 4.79 Å². The van der Waals surface area contributed by atoms with E-state index in [-0.39, 0.29) is 11.5 Å². The van der Waals surface area contributed by atoms with Crippen molar-refractivity contribution in [1.29, 1.82) is 0 Å². The molecular formula is C12H22N2O. The van der Waals surface area contributed by atoms with Gasteiger partial charge in [0.1, 0.15) is 0 Å². The molecule has 2 fully saturated rings. The Morgan fingerprint density at radius 1 is 1.33 bits per heavy atom. The van der Waals surface area contributed by atoms with E-state index in [9.17, 15) is 4.79 Å². The van der Waals surface area contributed by atoms with E-state index in [2.05, 4.69) is 17.5 Å². The fourth-order valence-corrected chi connectivity index (χ4v) is 2.97. The van der Waals surface area contributed by atoms with E-state index < -0.39 is 0 Å². The number of carbonyl (C=O) groups excluding carboxylic acids is 1. The molecule has 1 N–H and O–H groups in total. The topological polar surface area (TPSA) is 32.3 Å². The summed E-state index contributed by atoms with van der Waals surface area (Å²) < 4.78 is 0. The van der Waals surface area contributed by atoms with Crippen LogP contribution in [0.5, 0.6) is 0 Å². The van der Waals surface area contributed by atoms with Gasteiger partial charge in [0.15, 0.2) is 5.78 Å². The standard InChI is InChI=1S/C12H22N2O/c1-12(2,3)11(15)10-8-6-5-7-9(8)14(4)13-10/h8-10,13H,5-7H2,1-4H3. The first kappa shape index (κ1) is 11.1. The zero-order chi connectivity index (χ0) is 11.2. The molecule has 15 heavy (non-hydrogen) atoms. The van der Waals surface area contributed by atoms with E-state index in [1.807, 2.05) is 20.8 Å². The van der Waals surface area contributed by atoms with Gasteiger partial charge in [-0.1, -0.05) is 27.2 Å². The number of ketones is 1. The van der Waals surface area contributed by atoms with Gasteiger partial charge in [0, 0.05) is 18.5 Å². The Labute approximate surface area is 92.2 Å². The molecule has 0 aromatic rings. The van der Waals surface area contributed by atoms with Crippen LogP contribution in [0.25, 0.3) is 0 Å². The first-order chi connectivity index (χ1) is 6.91. The molecule has 0 bridgehead atoms. The monoisotopic (exact) mass is 210 g/mol. The van der Waals surface area contributed by atoms with Gasteiger partial charge in [0.2, 0.25) is 0 Å². The lowest BCUT2D eigenvalue weighted by Crippen LogP contribution is -2.44.